The zero-order valence-corrected chi connectivity index (χ0v) is 14.7. The monoisotopic (exact) mass is 370 g/mol. The fourth-order valence-electron chi connectivity index (χ4n) is 3.86. The van der Waals surface area contributed by atoms with Crippen molar-refractivity contribution >= 4 is 33.2 Å². The van der Waals surface area contributed by atoms with Gasteiger partial charge in [0.2, 0.25) is 0 Å². The zero-order chi connectivity index (χ0) is 14.7. The van der Waals surface area contributed by atoms with Crippen LogP contribution >= 0.6 is 27.5 Å². The van der Waals surface area contributed by atoms with Gasteiger partial charge in [0.1, 0.15) is 0 Å². The molecule has 1 saturated heterocycles. The highest BCUT2D eigenvalue weighted by atomic mass is 79.9. The Kier molecular flexibility index (Phi) is 5.47. The van der Waals surface area contributed by atoms with E-state index in [9.17, 15) is 0 Å². The minimum absolute atomic E-state index is 0.586. The van der Waals surface area contributed by atoms with Crippen LogP contribution in [0.1, 0.15) is 44.9 Å². The van der Waals surface area contributed by atoms with Gasteiger partial charge in [0.05, 0.1) is 5.02 Å². The maximum atomic E-state index is 6.09. The Morgan fingerprint density at radius 2 is 1.90 bits per heavy atom. The van der Waals surface area contributed by atoms with Gasteiger partial charge in [-0.15, -0.1) is 0 Å². The van der Waals surface area contributed by atoms with Crippen molar-refractivity contribution in [3.05, 3.63) is 27.7 Å². The Balaban J connectivity index is 1.69. The number of nitrogens with one attached hydrogen (secondary N) is 2. The first-order valence-electron chi connectivity index (χ1n) is 8.19. The Morgan fingerprint density at radius 1 is 1.10 bits per heavy atom. The molecular formula is C17H24BrClN2. The molecule has 1 aromatic rings. The predicted octanol–water partition coefficient (Wildman–Crippen LogP) is 5.22. The molecule has 1 aliphatic carbocycles. The van der Waals surface area contributed by atoms with E-state index in [0.29, 0.717) is 12.1 Å². The molecule has 1 aromatic carbocycles. The second-order valence-corrected chi connectivity index (χ2v) is 7.65. The van der Waals surface area contributed by atoms with Gasteiger partial charge in [-0.25, -0.2) is 0 Å². The Morgan fingerprint density at radius 3 is 2.67 bits per heavy atom. The molecule has 116 valence electrons. The minimum Gasteiger partial charge on any atom is -0.382 e. The van der Waals surface area contributed by atoms with Crippen molar-refractivity contribution in [2.24, 2.45) is 5.92 Å². The van der Waals surface area contributed by atoms with Crippen LogP contribution < -0.4 is 10.6 Å². The maximum absolute atomic E-state index is 6.09. The number of benzene rings is 1. The molecule has 0 spiro atoms. The second-order valence-electron chi connectivity index (χ2n) is 6.38. The van der Waals surface area contributed by atoms with Crippen molar-refractivity contribution < 1.29 is 0 Å². The van der Waals surface area contributed by atoms with Gasteiger partial charge in [0, 0.05) is 22.2 Å². The number of anilines is 1. The largest absolute Gasteiger partial charge is 0.382 e. The molecule has 0 radical (unpaired) electrons. The Bertz CT molecular complexity index is 474. The molecule has 1 heterocycles. The molecule has 2 nitrogen and oxygen atoms in total. The quantitative estimate of drug-likeness (QED) is 0.761. The standard InChI is InChI=1S/C17H24BrClN2/c18-14-11-12(8-9-15(14)19)21-17-7-2-1-5-13(17)16-6-3-4-10-20-16/h8-9,11,13,16-17,20-21H,1-7,10H2. The first kappa shape index (κ1) is 15.6. The Hall–Kier alpha value is -0.250. The molecule has 21 heavy (non-hydrogen) atoms. The van der Waals surface area contributed by atoms with Crippen LogP contribution in [0.5, 0.6) is 0 Å². The summed E-state index contributed by atoms with van der Waals surface area (Å²) in [5.74, 6) is 0.758. The van der Waals surface area contributed by atoms with Gasteiger partial charge in [0.25, 0.3) is 0 Å². The summed E-state index contributed by atoms with van der Waals surface area (Å²) in [6.07, 6.45) is 9.42. The van der Waals surface area contributed by atoms with E-state index in [4.69, 9.17) is 11.6 Å². The summed E-state index contributed by atoms with van der Waals surface area (Å²) >= 11 is 9.61. The van der Waals surface area contributed by atoms with Crippen LogP contribution in [0.2, 0.25) is 5.02 Å². The predicted molar refractivity (Wildman–Crippen MR) is 94.2 cm³/mol. The molecule has 2 fully saturated rings. The van der Waals surface area contributed by atoms with Gasteiger partial charge in [-0.05, 0) is 72.3 Å². The lowest BCUT2D eigenvalue weighted by molar-refractivity contribution is 0.217. The highest BCUT2D eigenvalue weighted by Gasteiger charge is 2.32. The van der Waals surface area contributed by atoms with E-state index in [2.05, 4.69) is 38.7 Å². The molecule has 1 saturated carbocycles. The SMILES string of the molecule is Clc1ccc(NC2CCCCC2C2CCCCN2)cc1Br. The molecule has 4 heteroatoms. The van der Waals surface area contributed by atoms with Crippen LogP contribution in [-0.4, -0.2) is 18.6 Å². The van der Waals surface area contributed by atoms with E-state index in [0.717, 1.165) is 15.4 Å². The number of halogens is 2. The van der Waals surface area contributed by atoms with E-state index in [1.54, 1.807) is 0 Å². The van der Waals surface area contributed by atoms with Crippen LogP contribution in [0.15, 0.2) is 22.7 Å². The van der Waals surface area contributed by atoms with Gasteiger partial charge in [-0.2, -0.15) is 0 Å². The number of hydrogen-bond donors (Lipinski definition) is 2. The molecule has 0 amide bonds. The molecule has 2 N–H and O–H groups in total. The van der Waals surface area contributed by atoms with E-state index < -0.39 is 0 Å². The lowest BCUT2D eigenvalue weighted by atomic mass is 9.77. The summed E-state index contributed by atoms with van der Waals surface area (Å²) in [7, 11) is 0. The van der Waals surface area contributed by atoms with Crippen molar-refractivity contribution in [3.63, 3.8) is 0 Å². The maximum Gasteiger partial charge on any atom is 0.0549 e. The summed E-state index contributed by atoms with van der Waals surface area (Å²) in [6, 6.07) is 7.44. The van der Waals surface area contributed by atoms with Gasteiger partial charge in [0.15, 0.2) is 0 Å². The summed E-state index contributed by atoms with van der Waals surface area (Å²) in [4.78, 5) is 0. The van der Waals surface area contributed by atoms with E-state index in [-0.39, 0.29) is 0 Å². The third-order valence-corrected chi connectivity index (χ3v) is 6.17. The third kappa shape index (κ3) is 3.94. The average Bonchev–Trinajstić information content (AvgIpc) is 2.52. The van der Waals surface area contributed by atoms with Crippen LogP contribution in [-0.2, 0) is 0 Å². The molecular weight excluding hydrogens is 348 g/mol. The zero-order valence-electron chi connectivity index (χ0n) is 12.4. The topological polar surface area (TPSA) is 24.1 Å². The van der Waals surface area contributed by atoms with Crippen molar-refractivity contribution in [2.75, 3.05) is 11.9 Å². The molecule has 3 rings (SSSR count). The van der Waals surface area contributed by atoms with Gasteiger partial charge in [-0.3, -0.25) is 0 Å². The van der Waals surface area contributed by atoms with E-state index in [1.807, 2.05) is 6.07 Å². The normalized spacial score (nSPS) is 30.1. The summed E-state index contributed by atoms with van der Waals surface area (Å²) < 4.78 is 0.970. The molecule has 3 unspecified atom stereocenters. The van der Waals surface area contributed by atoms with Crippen molar-refractivity contribution in [2.45, 2.75) is 57.0 Å². The smallest absolute Gasteiger partial charge is 0.0549 e. The number of hydrogen-bond acceptors (Lipinski definition) is 2. The van der Waals surface area contributed by atoms with Crippen molar-refractivity contribution in [3.8, 4) is 0 Å². The molecule has 0 aromatic heterocycles. The van der Waals surface area contributed by atoms with Crippen LogP contribution in [0.25, 0.3) is 0 Å². The highest BCUT2D eigenvalue weighted by molar-refractivity contribution is 9.10. The number of piperidine rings is 1. The van der Waals surface area contributed by atoms with E-state index >= 15 is 0 Å². The van der Waals surface area contributed by atoms with Crippen LogP contribution in [0, 0.1) is 5.92 Å². The third-order valence-electron chi connectivity index (χ3n) is 4.96. The molecule has 0 bridgehead atoms. The second kappa shape index (κ2) is 7.34. The fraction of sp³-hybridized carbons (Fsp3) is 0.647. The summed E-state index contributed by atoms with van der Waals surface area (Å²) in [5.41, 5.74) is 1.18. The average molecular weight is 372 g/mol. The molecule has 3 atom stereocenters. The van der Waals surface area contributed by atoms with Crippen LogP contribution in [0.4, 0.5) is 5.69 Å². The highest BCUT2D eigenvalue weighted by Crippen LogP contribution is 2.33. The summed E-state index contributed by atoms with van der Waals surface area (Å²) in [5, 5.41) is 8.30. The molecule has 1 aliphatic heterocycles. The van der Waals surface area contributed by atoms with Gasteiger partial charge in [-0.1, -0.05) is 30.9 Å². The first-order chi connectivity index (χ1) is 10.2. The van der Waals surface area contributed by atoms with Crippen molar-refractivity contribution in [1.82, 2.24) is 5.32 Å². The van der Waals surface area contributed by atoms with Crippen LogP contribution in [0.3, 0.4) is 0 Å². The Labute approximate surface area is 141 Å². The summed E-state index contributed by atoms with van der Waals surface area (Å²) in [6.45, 7) is 1.19. The first-order valence-corrected chi connectivity index (χ1v) is 9.36. The minimum atomic E-state index is 0.586. The van der Waals surface area contributed by atoms with Crippen molar-refractivity contribution in [1.29, 1.82) is 0 Å². The lowest BCUT2D eigenvalue weighted by Gasteiger charge is -2.40. The number of rotatable bonds is 3. The van der Waals surface area contributed by atoms with Gasteiger partial charge >= 0.3 is 0 Å². The fourth-order valence-corrected chi connectivity index (χ4v) is 4.36. The van der Waals surface area contributed by atoms with Gasteiger partial charge < -0.3 is 10.6 Å². The van der Waals surface area contributed by atoms with E-state index in [1.165, 1.54) is 57.2 Å². The lowest BCUT2D eigenvalue weighted by Crippen LogP contribution is -2.48. The molecule has 2 aliphatic rings.